The van der Waals surface area contributed by atoms with Crippen molar-refractivity contribution < 1.29 is 14.6 Å². The molecule has 1 atom stereocenters. The minimum Gasteiger partial charge on any atom is -0.497 e. The van der Waals surface area contributed by atoms with Crippen molar-refractivity contribution in [3.05, 3.63) is 66.4 Å². The highest BCUT2D eigenvalue weighted by atomic mass is 16.5. The average molecular weight is 449 g/mol. The van der Waals surface area contributed by atoms with Crippen molar-refractivity contribution in [3.8, 4) is 5.75 Å². The van der Waals surface area contributed by atoms with Crippen LogP contribution >= 0.6 is 0 Å². The molecule has 2 N–H and O–H groups in total. The summed E-state index contributed by atoms with van der Waals surface area (Å²) in [5, 5.41) is 15.1. The van der Waals surface area contributed by atoms with E-state index in [9.17, 15) is 9.90 Å². The van der Waals surface area contributed by atoms with Gasteiger partial charge >= 0.3 is 0 Å². The largest absolute Gasteiger partial charge is 0.497 e. The van der Waals surface area contributed by atoms with Gasteiger partial charge in [-0.05, 0) is 62.3 Å². The van der Waals surface area contributed by atoms with Gasteiger partial charge in [-0.3, -0.25) is 9.78 Å². The molecule has 2 aromatic carbocycles. The Kier molecular flexibility index (Phi) is 7.54. The van der Waals surface area contributed by atoms with Crippen molar-refractivity contribution in [1.29, 1.82) is 0 Å². The number of benzene rings is 2. The number of pyridine rings is 1. The topological polar surface area (TPSA) is 77.9 Å². The Morgan fingerprint density at radius 2 is 1.94 bits per heavy atom. The van der Waals surface area contributed by atoms with Crippen LogP contribution in [0.15, 0.2) is 60.7 Å². The number of methoxy groups -OCH3 is 1. The van der Waals surface area contributed by atoms with Gasteiger partial charge in [0.05, 0.1) is 24.9 Å². The molecule has 0 saturated carbocycles. The first-order valence-electron chi connectivity index (χ1n) is 11.4. The number of nitrogens with one attached hydrogen (secondary N) is 1. The second-order valence-electron chi connectivity index (χ2n) is 8.55. The van der Waals surface area contributed by atoms with Gasteiger partial charge in [0.25, 0.3) is 0 Å². The number of rotatable bonds is 8. The number of aliphatic hydroxyl groups is 1. The fourth-order valence-corrected chi connectivity index (χ4v) is 4.24. The molecule has 3 aromatic rings. The predicted octanol–water partition coefficient (Wildman–Crippen LogP) is 2.99. The molecule has 174 valence electrons. The third kappa shape index (κ3) is 5.87. The number of likely N-dealkylation sites (N-methyl/N-ethyl adjacent to an activating group) is 1. The van der Waals surface area contributed by atoms with Crippen LogP contribution in [0.5, 0.6) is 5.75 Å². The molecule has 7 nitrogen and oxygen atoms in total. The first kappa shape index (κ1) is 23.2. The van der Waals surface area contributed by atoms with Crippen molar-refractivity contribution >= 4 is 22.5 Å². The molecule has 4 rings (SSSR count). The summed E-state index contributed by atoms with van der Waals surface area (Å²) in [4.78, 5) is 21.1. The molecule has 0 radical (unpaired) electrons. The van der Waals surface area contributed by atoms with Crippen molar-refractivity contribution in [2.24, 2.45) is 0 Å². The first-order chi connectivity index (χ1) is 16.0. The number of carbonyl (C=O) groups is 1. The number of ether oxygens (including phenoxy) is 1. The minimum absolute atomic E-state index is 0.0547. The lowest BCUT2D eigenvalue weighted by Crippen LogP contribution is -2.46. The van der Waals surface area contributed by atoms with E-state index in [0.29, 0.717) is 24.8 Å². The highest BCUT2D eigenvalue weighted by Crippen LogP contribution is 2.23. The van der Waals surface area contributed by atoms with Gasteiger partial charge in [-0.25, -0.2) is 0 Å². The van der Waals surface area contributed by atoms with Gasteiger partial charge in [-0.15, -0.1) is 0 Å². The van der Waals surface area contributed by atoms with E-state index < -0.39 is 6.10 Å². The van der Waals surface area contributed by atoms with Crippen LogP contribution in [0.2, 0.25) is 0 Å². The summed E-state index contributed by atoms with van der Waals surface area (Å²) in [6.45, 7) is 2.63. The van der Waals surface area contributed by atoms with Gasteiger partial charge < -0.3 is 25.0 Å². The Balaban J connectivity index is 1.23. The second-order valence-corrected chi connectivity index (χ2v) is 8.55. The van der Waals surface area contributed by atoms with E-state index in [0.717, 1.165) is 48.3 Å². The van der Waals surface area contributed by atoms with E-state index in [4.69, 9.17) is 4.74 Å². The molecule has 1 unspecified atom stereocenters. The number of β-amino-alcohol motifs (C(OH)–C–C–N with tert-alkyl or cyclic N) is 1. The van der Waals surface area contributed by atoms with Crippen LogP contribution in [0, 0.1) is 0 Å². The number of nitrogens with zero attached hydrogens (tertiary/aromatic N) is 3. The Morgan fingerprint density at radius 1 is 1.18 bits per heavy atom. The third-order valence-electron chi connectivity index (χ3n) is 6.34. The zero-order chi connectivity index (χ0) is 23.2. The monoisotopic (exact) mass is 448 g/mol. The molecule has 1 aromatic heterocycles. The second kappa shape index (κ2) is 10.7. The normalized spacial score (nSPS) is 16.0. The van der Waals surface area contributed by atoms with Crippen LogP contribution in [0.3, 0.4) is 0 Å². The Labute approximate surface area is 195 Å². The van der Waals surface area contributed by atoms with Crippen molar-refractivity contribution in [2.45, 2.75) is 25.0 Å². The molecular weight excluding hydrogens is 416 g/mol. The summed E-state index contributed by atoms with van der Waals surface area (Å²) >= 11 is 0. The molecule has 1 aliphatic heterocycles. The third-order valence-corrected chi connectivity index (χ3v) is 6.34. The van der Waals surface area contributed by atoms with E-state index in [1.807, 2.05) is 60.7 Å². The maximum atomic E-state index is 12.5. The van der Waals surface area contributed by atoms with E-state index in [1.165, 1.54) is 0 Å². The van der Waals surface area contributed by atoms with Gasteiger partial charge in [-0.2, -0.15) is 0 Å². The van der Waals surface area contributed by atoms with Crippen molar-refractivity contribution in [3.63, 3.8) is 0 Å². The molecule has 0 bridgehead atoms. The Bertz CT molecular complexity index is 1070. The molecule has 0 aliphatic carbocycles. The number of hydrogen-bond donors (Lipinski definition) is 2. The smallest absolute Gasteiger partial charge is 0.240 e. The number of carbonyl (C=O) groups excluding carboxylic acids is 1. The number of anilines is 1. The molecule has 2 heterocycles. The fourth-order valence-electron chi connectivity index (χ4n) is 4.24. The lowest BCUT2D eigenvalue weighted by atomic mass is 10.0. The van der Waals surface area contributed by atoms with E-state index in [2.05, 4.69) is 15.2 Å². The quantitative estimate of drug-likeness (QED) is 0.552. The van der Waals surface area contributed by atoms with Crippen molar-refractivity contribution in [1.82, 2.24) is 15.2 Å². The fraction of sp³-hybridized carbons (Fsp3) is 0.385. The van der Waals surface area contributed by atoms with Gasteiger partial charge in [0, 0.05) is 30.7 Å². The summed E-state index contributed by atoms with van der Waals surface area (Å²) in [5.74, 6) is 0.849. The van der Waals surface area contributed by atoms with Crippen LogP contribution in [0.1, 0.15) is 24.6 Å². The molecule has 1 fully saturated rings. The van der Waals surface area contributed by atoms with Crippen molar-refractivity contribution in [2.75, 3.05) is 45.2 Å². The molecule has 0 spiro atoms. The number of likely N-dealkylation sites (tertiary alicyclic amines) is 1. The van der Waals surface area contributed by atoms with E-state index >= 15 is 0 Å². The van der Waals surface area contributed by atoms with Gasteiger partial charge in [-0.1, -0.05) is 24.3 Å². The SMILES string of the molecule is COc1ccc2nc(C(O)CN3CCC(NCC(=O)N(C)c4ccccc4)CC3)ccc2c1. The predicted molar refractivity (Wildman–Crippen MR) is 131 cm³/mol. The molecule has 1 amide bonds. The maximum absolute atomic E-state index is 12.5. The molecule has 33 heavy (non-hydrogen) atoms. The molecular formula is C26H32N4O3. The summed E-state index contributed by atoms with van der Waals surface area (Å²) in [5.41, 5.74) is 2.43. The van der Waals surface area contributed by atoms with Crippen LogP contribution in [-0.2, 0) is 4.79 Å². The number of amides is 1. The molecule has 1 aliphatic rings. The first-order valence-corrected chi connectivity index (χ1v) is 11.4. The Hall–Kier alpha value is -3.00. The van der Waals surface area contributed by atoms with Crippen LogP contribution < -0.4 is 15.0 Å². The number of hydrogen-bond acceptors (Lipinski definition) is 6. The zero-order valence-corrected chi connectivity index (χ0v) is 19.3. The number of aliphatic hydroxyl groups excluding tert-OH is 1. The summed E-state index contributed by atoms with van der Waals surface area (Å²) in [6, 6.07) is 19.6. The lowest BCUT2D eigenvalue weighted by Gasteiger charge is -2.33. The number of aromatic nitrogens is 1. The summed E-state index contributed by atoms with van der Waals surface area (Å²) in [7, 11) is 3.45. The van der Waals surface area contributed by atoms with Crippen LogP contribution in [0.25, 0.3) is 10.9 Å². The maximum Gasteiger partial charge on any atom is 0.240 e. The molecule has 7 heteroatoms. The van der Waals surface area contributed by atoms with E-state index in [1.54, 1.807) is 19.1 Å². The van der Waals surface area contributed by atoms with Gasteiger partial charge in [0.1, 0.15) is 11.9 Å². The lowest BCUT2D eigenvalue weighted by molar-refractivity contribution is -0.117. The number of para-hydroxylation sites is 1. The summed E-state index contributed by atoms with van der Waals surface area (Å²) < 4.78 is 5.26. The molecule has 1 saturated heterocycles. The highest BCUT2D eigenvalue weighted by Gasteiger charge is 2.23. The van der Waals surface area contributed by atoms with Gasteiger partial charge in [0.15, 0.2) is 0 Å². The van der Waals surface area contributed by atoms with Crippen LogP contribution in [-0.4, -0.2) is 67.3 Å². The average Bonchev–Trinajstić information content (AvgIpc) is 2.87. The number of piperidine rings is 1. The zero-order valence-electron chi connectivity index (χ0n) is 19.3. The van der Waals surface area contributed by atoms with E-state index in [-0.39, 0.29) is 5.91 Å². The van der Waals surface area contributed by atoms with Gasteiger partial charge in [0.2, 0.25) is 5.91 Å². The standard InChI is InChI=1S/C26H32N4O3/c1-29(21-6-4-3-5-7-21)26(32)17-27-20-12-14-30(15-13-20)18-25(31)24-10-8-19-16-22(33-2)9-11-23(19)28-24/h3-11,16,20,25,27,31H,12-15,17-18H2,1-2H3. The highest BCUT2D eigenvalue weighted by molar-refractivity contribution is 5.94. The Morgan fingerprint density at radius 3 is 2.67 bits per heavy atom. The van der Waals surface area contributed by atoms with Crippen LogP contribution in [0.4, 0.5) is 5.69 Å². The minimum atomic E-state index is -0.637. The number of fused-ring (bicyclic) bond motifs is 1. The summed E-state index contributed by atoms with van der Waals surface area (Å²) in [6.07, 6.45) is 1.25.